The van der Waals surface area contributed by atoms with Crippen molar-refractivity contribution in [3.05, 3.63) is 47.9 Å². The van der Waals surface area contributed by atoms with E-state index in [1.807, 2.05) is 12.3 Å². The van der Waals surface area contributed by atoms with E-state index in [1.54, 1.807) is 13.3 Å². The minimum Gasteiger partial charge on any atom is -0.385 e. The Hall–Kier alpha value is -3.07. The zero-order chi connectivity index (χ0) is 21.6. The van der Waals surface area contributed by atoms with Gasteiger partial charge in [-0.2, -0.15) is 0 Å². The molecule has 3 aromatic heterocycles. The van der Waals surface area contributed by atoms with E-state index in [0.29, 0.717) is 11.3 Å². The van der Waals surface area contributed by atoms with Crippen molar-refractivity contribution in [3.8, 4) is 0 Å². The highest BCUT2D eigenvalue weighted by Crippen LogP contribution is 2.56. The third-order valence-corrected chi connectivity index (χ3v) is 6.65. The number of H-pyrrole nitrogens is 1. The Morgan fingerprint density at radius 2 is 2.26 bits per heavy atom. The molecule has 2 fully saturated rings. The Morgan fingerprint density at radius 1 is 1.42 bits per heavy atom. The predicted octanol–water partition coefficient (Wildman–Crippen LogP) is 2.26. The van der Waals surface area contributed by atoms with Gasteiger partial charge < -0.3 is 20.3 Å². The lowest BCUT2D eigenvalue weighted by molar-refractivity contribution is -0.128. The van der Waals surface area contributed by atoms with Crippen LogP contribution in [0.15, 0.2) is 30.9 Å². The molecule has 0 radical (unpaired) electrons. The number of aromatic amines is 1. The van der Waals surface area contributed by atoms with Crippen molar-refractivity contribution in [3.63, 3.8) is 0 Å². The summed E-state index contributed by atoms with van der Waals surface area (Å²) in [5, 5.41) is 14.3. The maximum atomic E-state index is 13.4. The Kier molecular flexibility index (Phi) is 4.85. The Balaban J connectivity index is 1.24. The molecule has 4 heterocycles. The molecular formula is C22H25FN6O2. The molecule has 1 aliphatic heterocycles. The molecule has 1 amide bonds. The molecule has 0 bridgehead atoms. The van der Waals surface area contributed by atoms with Gasteiger partial charge in [0, 0.05) is 31.7 Å². The zero-order valence-corrected chi connectivity index (χ0v) is 17.3. The van der Waals surface area contributed by atoms with Crippen LogP contribution in [0.1, 0.15) is 36.6 Å². The molecule has 1 aliphatic carbocycles. The Labute approximate surface area is 178 Å². The van der Waals surface area contributed by atoms with Gasteiger partial charge in [0.2, 0.25) is 5.91 Å². The molecular weight excluding hydrogens is 399 g/mol. The van der Waals surface area contributed by atoms with E-state index in [4.69, 9.17) is 0 Å². The molecule has 3 N–H and O–H groups in total. The van der Waals surface area contributed by atoms with Crippen molar-refractivity contribution in [2.75, 3.05) is 24.5 Å². The fourth-order valence-electron chi connectivity index (χ4n) is 4.70. The maximum Gasteiger partial charge on any atom is 0.223 e. The van der Waals surface area contributed by atoms with Crippen LogP contribution in [-0.2, 0) is 4.79 Å². The van der Waals surface area contributed by atoms with E-state index < -0.39 is 11.9 Å². The third-order valence-electron chi connectivity index (χ3n) is 6.65. The normalized spacial score (nSPS) is 20.7. The first kappa shape index (κ1) is 19.9. The maximum absolute atomic E-state index is 13.4. The number of carbonyl (C=O) groups is 1. The molecule has 31 heavy (non-hydrogen) atoms. The number of amides is 1. The summed E-state index contributed by atoms with van der Waals surface area (Å²) >= 11 is 0. The van der Waals surface area contributed by atoms with Crippen LogP contribution >= 0.6 is 0 Å². The number of pyridine rings is 1. The molecule has 0 aromatic carbocycles. The average Bonchev–Trinajstić information content (AvgIpc) is 3.34. The monoisotopic (exact) mass is 424 g/mol. The molecule has 5 rings (SSSR count). The number of nitrogens with zero attached hydrogens (tertiary/aromatic N) is 4. The number of rotatable bonds is 5. The number of nitrogens with one attached hydrogen (secondary N) is 2. The van der Waals surface area contributed by atoms with Crippen LogP contribution in [-0.4, -0.2) is 50.6 Å². The number of aromatic nitrogens is 4. The van der Waals surface area contributed by atoms with Crippen LogP contribution < -0.4 is 10.2 Å². The number of aliphatic hydroxyl groups excluding tert-OH is 1. The minimum atomic E-state index is -0.971. The number of anilines is 1. The fourth-order valence-corrected chi connectivity index (χ4v) is 4.70. The average molecular weight is 424 g/mol. The van der Waals surface area contributed by atoms with Gasteiger partial charge in [0.25, 0.3) is 0 Å². The van der Waals surface area contributed by atoms with E-state index in [9.17, 15) is 14.3 Å². The molecule has 1 spiro atoms. The van der Waals surface area contributed by atoms with E-state index in [1.165, 1.54) is 6.07 Å². The third kappa shape index (κ3) is 3.63. The first-order valence-electron chi connectivity index (χ1n) is 10.6. The van der Waals surface area contributed by atoms with Crippen molar-refractivity contribution < 1.29 is 14.3 Å². The summed E-state index contributed by atoms with van der Waals surface area (Å²) in [6, 6.07) is 3.49. The van der Waals surface area contributed by atoms with E-state index in [0.717, 1.165) is 55.4 Å². The highest BCUT2D eigenvalue weighted by molar-refractivity contribution is 5.87. The number of halogens is 1. The first-order chi connectivity index (χ1) is 15.0. The number of piperidine rings is 1. The van der Waals surface area contributed by atoms with Gasteiger partial charge in [-0.05, 0) is 49.3 Å². The summed E-state index contributed by atoms with van der Waals surface area (Å²) in [6.45, 7) is 3.19. The number of carbonyl (C=O) groups excluding carboxylic acids is 1. The molecule has 162 valence electrons. The van der Waals surface area contributed by atoms with E-state index in [-0.39, 0.29) is 23.8 Å². The highest BCUT2D eigenvalue weighted by atomic mass is 19.1. The van der Waals surface area contributed by atoms with Gasteiger partial charge in [0.15, 0.2) is 0 Å². The smallest absolute Gasteiger partial charge is 0.223 e. The molecule has 2 aliphatic rings. The van der Waals surface area contributed by atoms with Crippen molar-refractivity contribution in [1.82, 2.24) is 25.3 Å². The predicted molar refractivity (Wildman–Crippen MR) is 113 cm³/mol. The Bertz CT molecular complexity index is 1130. The summed E-state index contributed by atoms with van der Waals surface area (Å²) in [4.78, 5) is 31.0. The second kappa shape index (κ2) is 7.56. The lowest BCUT2D eigenvalue weighted by Gasteiger charge is -2.39. The largest absolute Gasteiger partial charge is 0.385 e. The lowest BCUT2D eigenvalue weighted by atomic mass is 9.81. The quantitative estimate of drug-likeness (QED) is 0.580. The van der Waals surface area contributed by atoms with Crippen LogP contribution in [0.4, 0.5) is 10.2 Å². The summed E-state index contributed by atoms with van der Waals surface area (Å²) in [7, 11) is 0. The molecule has 3 aromatic rings. The van der Waals surface area contributed by atoms with Crippen molar-refractivity contribution in [2.45, 2.75) is 32.3 Å². The summed E-state index contributed by atoms with van der Waals surface area (Å²) in [5.74, 6) is 0.361. The molecule has 1 saturated carbocycles. The van der Waals surface area contributed by atoms with E-state index >= 15 is 0 Å². The van der Waals surface area contributed by atoms with Crippen LogP contribution in [0.2, 0.25) is 0 Å². The highest BCUT2D eigenvalue weighted by Gasteiger charge is 2.55. The van der Waals surface area contributed by atoms with Crippen LogP contribution in [0.25, 0.3) is 11.0 Å². The second-order valence-electron chi connectivity index (χ2n) is 8.68. The minimum absolute atomic E-state index is 0.0375. The van der Waals surface area contributed by atoms with Gasteiger partial charge in [0.05, 0.1) is 17.3 Å². The van der Waals surface area contributed by atoms with Gasteiger partial charge >= 0.3 is 0 Å². The Morgan fingerprint density at radius 3 is 3.03 bits per heavy atom. The van der Waals surface area contributed by atoms with Crippen molar-refractivity contribution >= 4 is 22.8 Å². The first-order valence-corrected chi connectivity index (χ1v) is 10.6. The second-order valence-corrected chi connectivity index (χ2v) is 8.68. The zero-order valence-electron chi connectivity index (χ0n) is 17.3. The van der Waals surface area contributed by atoms with Crippen LogP contribution in [0, 0.1) is 24.1 Å². The van der Waals surface area contributed by atoms with Crippen LogP contribution in [0.3, 0.4) is 0 Å². The van der Waals surface area contributed by atoms with Gasteiger partial charge in [-0.25, -0.2) is 14.4 Å². The summed E-state index contributed by atoms with van der Waals surface area (Å²) in [5.41, 5.74) is 1.54. The molecule has 1 saturated heterocycles. The molecule has 0 unspecified atom stereocenters. The SMILES string of the molecule is Cc1cc([C@H](O)CNC(=O)[C@@H]2CCN(c3ncnc4[nH]ccc34)CC23CC3)ncc1F. The van der Waals surface area contributed by atoms with Crippen molar-refractivity contribution in [1.29, 1.82) is 0 Å². The number of hydrogen-bond donors (Lipinski definition) is 3. The van der Waals surface area contributed by atoms with Gasteiger partial charge in [-0.3, -0.25) is 9.78 Å². The van der Waals surface area contributed by atoms with Gasteiger partial charge in [-0.1, -0.05) is 0 Å². The fraction of sp³-hybridized carbons (Fsp3) is 0.455. The molecule has 9 heteroatoms. The topological polar surface area (TPSA) is 107 Å². The van der Waals surface area contributed by atoms with Gasteiger partial charge in [0.1, 0.15) is 29.7 Å². The molecule has 8 nitrogen and oxygen atoms in total. The number of aliphatic hydroxyl groups is 1. The van der Waals surface area contributed by atoms with Crippen molar-refractivity contribution in [2.24, 2.45) is 11.3 Å². The summed E-state index contributed by atoms with van der Waals surface area (Å²) < 4.78 is 13.4. The molecule has 2 atom stereocenters. The van der Waals surface area contributed by atoms with Crippen LogP contribution in [0.5, 0.6) is 0 Å². The number of aryl methyl sites for hydroxylation is 1. The number of hydrogen-bond acceptors (Lipinski definition) is 6. The van der Waals surface area contributed by atoms with E-state index in [2.05, 4.69) is 30.2 Å². The van der Waals surface area contributed by atoms with Gasteiger partial charge in [-0.15, -0.1) is 0 Å². The number of fused-ring (bicyclic) bond motifs is 1. The summed E-state index contributed by atoms with van der Waals surface area (Å²) in [6.07, 6.45) is 6.29. The lowest BCUT2D eigenvalue weighted by Crippen LogP contribution is -2.48. The standard InChI is InChI=1S/C22H25FN6O2/c1-13-8-17(25-9-16(13)23)18(30)10-26-21(31)15-3-7-29(11-22(15)4-5-22)20-14-2-6-24-19(14)27-12-28-20/h2,6,8-9,12,15,18,30H,3-5,7,10-11H2,1H3,(H,26,31)(H,24,27,28)/t15-,18+/m0/s1.